The lowest BCUT2D eigenvalue weighted by Gasteiger charge is -2.20. The van der Waals surface area contributed by atoms with Gasteiger partial charge < -0.3 is 9.64 Å². The Labute approximate surface area is 174 Å². The Morgan fingerprint density at radius 3 is 2.53 bits per heavy atom. The highest BCUT2D eigenvalue weighted by Gasteiger charge is 2.31. The first-order valence-corrected chi connectivity index (χ1v) is 9.47. The van der Waals surface area contributed by atoms with Gasteiger partial charge in [0.2, 0.25) is 6.17 Å². The van der Waals surface area contributed by atoms with Crippen molar-refractivity contribution < 1.29 is 14.3 Å². The first kappa shape index (κ1) is 19.3. The summed E-state index contributed by atoms with van der Waals surface area (Å²) in [4.78, 5) is 35.8. The highest BCUT2D eigenvalue weighted by Crippen LogP contribution is 2.26. The van der Waals surface area contributed by atoms with Gasteiger partial charge in [-0.25, -0.2) is 9.79 Å². The summed E-state index contributed by atoms with van der Waals surface area (Å²) < 4.78 is 5.27. The third-order valence-electron chi connectivity index (χ3n) is 4.72. The fourth-order valence-electron chi connectivity index (χ4n) is 3.20. The van der Waals surface area contributed by atoms with Gasteiger partial charge in [-0.05, 0) is 23.8 Å². The number of benzodiazepines with no additional fused rings is 1. The number of nitrogens with zero attached hydrogens (tertiary/aromatic N) is 3. The van der Waals surface area contributed by atoms with E-state index >= 15 is 0 Å². The molecule has 7 nitrogen and oxygen atoms in total. The molecule has 0 aliphatic carbocycles. The molecule has 1 aliphatic rings. The molecule has 30 heavy (non-hydrogen) atoms. The zero-order chi connectivity index (χ0) is 20.9. The number of hydrogen-bond donors (Lipinski definition) is 1. The molecule has 2 aromatic carbocycles. The summed E-state index contributed by atoms with van der Waals surface area (Å²) in [7, 11) is 1.65. The van der Waals surface area contributed by atoms with E-state index in [9.17, 15) is 9.59 Å². The van der Waals surface area contributed by atoms with E-state index in [1.54, 1.807) is 19.3 Å². The maximum absolute atomic E-state index is 13.0. The Hall–Kier alpha value is -4.00. The van der Waals surface area contributed by atoms with Gasteiger partial charge in [-0.1, -0.05) is 54.6 Å². The van der Waals surface area contributed by atoms with Gasteiger partial charge in [0, 0.05) is 18.8 Å². The molecule has 1 aromatic heterocycles. The predicted molar refractivity (Wildman–Crippen MR) is 113 cm³/mol. The van der Waals surface area contributed by atoms with Crippen LogP contribution in [0.2, 0.25) is 0 Å². The Kier molecular flexibility index (Phi) is 5.52. The van der Waals surface area contributed by atoms with Crippen molar-refractivity contribution in [1.82, 2.24) is 10.3 Å². The van der Waals surface area contributed by atoms with Crippen LogP contribution in [0.1, 0.15) is 16.8 Å². The summed E-state index contributed by atoms with van der Waals surface area (Å²) in [5.74, 6) is -0.370. The number of alkyl carbamates (subject to hydrolysis) is 1. The molecule has 0 unspecified atom stereocenters. The zero-order valence-electron chi connectivity index (χ0n) is 16.4. The van der Waals surface area contributed by atoms with Crippen LogP contribution in [0.15, 0.2) is 84.0 Å². The average Bonchev–Trinajstić information content (AvgIpc) is 2.90. The summed E-state index contributed by atoms with van der Waals surface area (Å²) in [6, 6.07) is 22.2. The summed E-state index contributed by atoms with van der Waals surface area (Å²) in [6.45, 7) is 0.0977. The molecule has 3 aromatic rings. The second-order valence-electron chi connectivity index (χ2n) is 6.72. The third kappa shape index (κ3) is 4.05. The number of ether oxygens (including phenoxy) is 1. The maximum Gasteiger partial charge on any atom is 0.409 e. The van der Waals surface area contributed by atoms with E-state index in [-0.39, 0.29) is 12.5 Å². The third-order valence-corrected chi connectivity index (χ3v) is 4.72. The second-order valence-corrected chi connectivity index (χ2v) is 6.72. The molecule has 1 aliphatic heterocycles. The van der Waals surface area contributed by atoms with Gasteiger partial charge in [0.25, 0.3) is 5.91 Å². The number of carbonyl (C=O) groups excluding carboxylic acids is 2. The van der Waals surface area contributed by atoms with Crippen molar-refractivity contribution in [3.8, 4) is 0 Å². The molecule has 150 valence electrons. The number of likely N-dealkylation sites (N-methyl/N-ethyl adjacent to an activating group) is 1. The monoisotopic (exact) mass is 400 g/mol. The molecule has 0 spiro atoms. The van der Waals surface area contributed by atoms with Crippen LogP contribution in [-0.4, -0.2) is 35.9 Å². The molecule has 2 amide bonds. The Bertz CT molecular complexity index is 1080. The van der Waals surface area contributed by atoms with Gasteiger partial charge in [-0.3, -0.25) is 15.1 Å². The molecule has 1 atom stereocenters. The Balaban J connectivity index is 1.62. The molecule has 0 saturated heterocycles. The number of fused-ring (bicyclic) bond motifs is 1. The van der Waals surface area contributed by atoms with E-state index in [1.807, 2.05) is 66.7 Å². The summed E-state index contributed by atoms with van der Waals surface area (Å²) >= 11 is 0. The van der Waals surface area contributed by atoms with Crippen molar-refractivity contribution >= 4 is 23.4 Å². The van der Waals surface area contributed by atoms with Gasteiger partial charge in [0.15, 0.2) is 0 Å². The van der Waals surface area contributed by atoms with Gasteiger partial charge in [-0.2, -0.15) is 0 Å². The lowest BCUT2D eigenvalue weighted by atomic mass is 10.0. The van der Waals surface area contributed by atoms with Gasteiger partial charge in [-0.15, -0.1) is 0 Å². The molecule has 0 saturated carbocycles. The van der Waals surface area contributed by atoms with Crippen molar-refractivity contribution in [3.05, 3.63) is 95.8 Å². The molecule has 0 bridgehead atoms. The number of nitrogens with one attached hydrogen (secondary N) is 1. The van der Waals surface area contributed by atoms with E-state index in [2.05, 4.69) is 15.3 Å². The highest BCUT2D eigenvalue weighted by atomic mass is 16.5. The lowest BCUT2D eigenvalue weighted by molar-refractivity contribution is -0.120. The number of aromatic nitrogens is 1. The van der Waals surface area contributed by atoms with Gasteiger partial charge in [0.05, 0.1) is 17.1 Å². The van der Waals surface area contributed by atoms with Crippen LogP contribution in [0.25, 0.3) is 0 Å². The largest absolute Gasteiger partial charge is 0.445 e. The van der Waals surface area contributed by atoms with Crippen LogP contribution in [0, 0.1) is 0 Å². The first-order chi connectivity index (χ1) is 14.6. The second kappa shape index (κ2) is 8.57. The normalized spacial score (nSPS) is 15.6. The van der Waals surface area contributed by atoms with E-state index in [0.717, 1.165) is 11.1 Å². The highest BCUT2D eigenvalue weighted by molar-refractivity contribution is 6.19. The lowest BCUT2D eigenvalue weighted by Crippen LogP contribution is -2.46. The van der Waals surface area contributed by atoms with Crippen LogP contribution in [0.4, 0.5) is 10.5 Å². The Morgan fingerprint density at radius 1 is 1.03 bits per heavy atom. The van der Waals surface area contributed by atoms with Crippen LogP contribution >= 0.6 is 0 Å². The van der Waals surface area contributed by atoms with Gasteiger partial charge in [0.1, 0.15) is 6.61 Å². The SMILES string of the molecule is CN1C(=O)[C@H](NC(=O)OCc2ccccc2)N=C(c2ccccn2)c2ccccc21. The molecule has 2 heterocycles. The van der Waals surface area contributed by atoms with E-state index < -0.39 is 12.3 Å². The number of pyridine rings is 1. The molecule has 0 radical (unpaired) electrons. The summed E-state index contributed by atoms with van der Waals surface area (Å²) in [6.07, 6.45) is -0.198. The minimum Gasteiger partial charge on any atom is -0.445 e. The standard InChI is InChI=1S/C23H20N4O3/c1-27-19-13-6-5-11-17(19)20(18-12-7-8-14-24-18)25-21(22(27)28)26-23(29)30-15-16-9-3-2-4-10-16/h2-14,21H,15H2,1H3,(H,26,29)/t21-/m0/s1. The molecule has 1 N–H and O–H groups in total. The Morgan fingerprint density at radius 2 is 1.77 bits per heavy atom. The van der Waals surface area contributed by atoms with E-state index in [4.69, 9.17) is 4.74 Å². The van der Waals surface area contributed by atoms with Crippen molar-refractivity contribution in [2.75, 3.05) is 11.9 Å². The predicted octanol–water partition coefficient (Wildman–Crippen LogP) is 3.15. The molecule has 4 rings (SSSR count). The van der Waals surface area contributed by atoms with Crippen LogP contribution in [-0.2, 0) is 16.1 Å². The summed E-state index contributed by atoms with van der Waals surface area (Å²) in [5.41, 5.74) is 3.43. The fraction of sp³-hybridized carbons (Fsp3) is 0.130. The quantitative estimate of drug-likeness (QED) is 0.729. The van der Waals surface area contributed by atoms with E-state index in [1.165, 1.54) is 4.90 Å². The smallest absolute Gasteiger partial charge is 0.409 e. The van der Waals surface area contributed by atoms with Crippen LogP contribution in [0.5, 0.6) is 0 Å². The number of hydrogen-bond acceptors (Lipinski definition) is 5. The number of amides is 2. The molecular weight excluding hydrogens is 380 g/mol. The van der Waals surface area contributed by atoms with Crippen molar-refractivity contribution in [3.63, 3.8) is 0 Å². The first-order valence-electron chi connectivity index (χ1n) is 9.47. The minimum atomic E-state index is -1.14. The number of carbonyl (C=O) groups is 2. The zero-order valence-corrected chi connectivity index (χ0v) is 16.4. The molecule has 0 fully saturated rings. The number of anilines is 1. The molecular formula is C23H20N4O3. The average molecular weight is 400 g/mol. The van der Waals surface area contributed by atoms with Crippen molar-refractivity contribution in [1.29, 1.82) is 0 Å². The van der Waals surface area contributed by atoms with Gasteiger partial charge >= 0.3 is 6.09 Å². The van der Waals surface area contributed by atoms with Crippen LogP contribution in [0.3, 0.4) is 0 Å². The molecule has 7 heteroatoms. The summed E-state index contributed by atoms with van der Waals surface area (Å²) in [5, 5.41) is 2.58. The topological polar surface area (TPSA) is 83.9 Å². The number of benzene rings is 2. The maximum atomic E-state index is 13.0. The van der Waals surface area contributed by atoms with Crippen molar-refractivity contribution in [2.24, 2.45) is 4.99 Å². The minimum absolute atomic E-state index is 0.0977. The van der Waals surface area contributed by atoms with Crippen LogP contribution < -0.4 is 10.2 Å². The number of para-hydroxylation sites is 1. The van der Waals surface area contributed by atoms with Crippen molar-refractivity contribution in [2.45, 2.75) is 12.8 Å². The fourth-order valence-corrected chi connectivity index (χ4v) is 3.20. The number of aliphatic imine (C=N–C) groups is 1. The van der Waals surface area contributed by atoms with E-state index in [0.29, 0.717) is 17.1 Å². The number of rotatable bonds is 4.